The predicted octanol–water partition coefficient (Wildman–Crippen LogP) is 2.41. The quantitative estimate of drug-likeness (QED) is 0.814. The number of hydrogen-bond donors (Lipinski definition) is 1. The molecule has 1 N–H and O–H groups in total. The van der Waals surface area contributed by atoms with E-state index >= 15 is 0 Å². The largest absolute Gasteiger partial charge is 0.478 e. The van der Waals surface area contributed by atoms with Crippen LogP contribution in [0.25, 0.3) is 6.08 Å². The lowest BCUT2D eigenvalue weighted by Gasteiger charge is -2.22. The van der Waals surface area contributed by atoms with E-state index in [1.807, 2.05) is 6.92 Å². The molecule has 0 aliphatic rings. The van der Waals surface area contributed by atoms with Crippen LogP contribution in [0.15, 0.2) is 30.3 Å². The molecule has 0 radical (unpaired) electrons. The molecule has 0 aliphatic carbocycles. The van der Waals surface area contributed by atoms with E-state index in [1.54, 1.807) is 36.1 Å². The second-order valence-electron chi connectivity index (χ2n) is 4.67. The maximum absolute atomic E-state index is 12.4. The monoisotopic (exact) mass is 286 g/mol. The van der Waals surface area contributed by atoms with E-state index in [0.717, 1.165) is 6.08 Å². The molecular formula is C16H18N2O3. The molecule has 0 fully saturated rings. The molecule has 0 aromatic heterocycles. The van der Waals surface area contributed by atoms with E-state index in [2.05, 4.69) is 6.07 Å². The van der Waals surface area contributed by atoms with Gasteiger partial charge < -0.3 is 10.0 Å². The van der Waals surface area contributed by atoms with Crippen molar-refractivity contribution in [2.24, 2.45) is 5.92 Å². The molecule has 21 heavy (non-hydrogen) atoms. The highest BCUT2D eigenvalue weighted by atomic mass is 16.4. The average Bonchev–Trinajstić information content (AvgIpc) is 2.49. The van der Waals surface area contributed by atoms with Crippen LogP contribution in [-0.2, 0) is 4.79 Å². The molecular weight excluding hydrogens is 268 g/mol. The molecule has 0 heterocycles. The standard InChI is InChI=1S/C16H18N2O3/c1-3-18(11-12(2)10-17)16(21)14-6-4-5-13(9-14)7-8-15(19)20/h4-9,12H,3,11H2,1-2H3,(H,19,20). The summed E-state index contributed by atoms with van der Waals surface area (Å²) in [6.45, 7) is 4.51. The number of carbonyl (C=O) groups is 2. The number of benzene rings is 1. The van der Waals surface area contributed by atoms with Crippen molar-refractivity contribution in [3.8, 4) is 6.07 Å². The number of carboxylic acid groups (broad SMARTS) is 1. The van der Waals surface area contributed by atoms with Gasteiger partial charge in [0.1, 0.15) is 0 Å². The molecule has 0 aliphatic heterocycles. The van der Waals surface area contributed by atoms with E-state index in [1.165, 1.54) is 6.08 Å². The first-order valence-electron chi connectivity index (χ1n) is 6.67. The maximum Gasteiger partial charge on any atom is 0.328 e. The number of amides is 1. The van der Waals surface area contributed by atoms with Crippen LogP contribution in [0.5, 0.6) is 0 Å². The molecule has 5 nitrogen and oxygen atoms in total. The van der Waals surface area contributed by atoms with Crippen LogP contribution < -0.4 is 0 Å². The van der Waals surface area contributed by atoms with E-state index in [9.17, 15) is 9.59 Å². The van der Waals surface area contributed by atoms with E-state index in [-0.39, 0.29) is 11.8 Å². The molecule has 1 rings (SSSR count). The Morgan fingerprint density at radius 3 is 2.76 bits per heavy atom. The molecule has 5 heteroatoms. The second kappa shape index (κ2) is 7.85. The van der Waals surface area contributed by atoms with Crippen LogP contribution in [0.4, 0.5) is 0 Å². The third kappa shape index (κ3) is 5.11. The van der Waals surface area contributed by atoms with Gasteiger partial charge in [-0.3, -0.25) is 4.79 Å². The number of nitriles is 1. The number of nitrogens with zero attached hydrogens (tertiary/aromatic N) is 2. The predicted molar refractivity (Wildman–Crippen MR) is 79.5 cm³/mol. The first-order valence-corrected chi connectivity index (χ1v) is 6.67. The Labute approximate surface area is 124 Å². The van der Waals surface area contributed by atoms with Gasteiger partial charge in [0.2, 0.25) is 0 Å². The average molecular weight is 286 g/mol. The van der Waals surface area contributed by atoms with Crippen molar-refractivity contribution in [2.45, 2.75) is 13.8 Å². The molecule has 0 spiro atoms. The minimum Gasteiger partial charge on any atom is -0.478 e. The molecule has 1 aromatic rings. The fourth-order valence-electron chi connectivity index (χ4n) is 1.85. The molecule has 1 amide bonds. The summed E-state index contributed by atoms with van der Waals surface area (Å²) >= 11 is 0. The minimum absolute atomic E-state index is 0.162. The Hall–Kier alpha value is -2.61. The summed E-state index contributed by atoms with van der Waals surface area (Å²) in [6, 6.07) is 8.86. The molecule has 0 saturated carbocycles. The lowest BCUT2D eigenvalue weighted by atomic mass is 10.1. The highest BCUT2D eigenvalue weighted by molar-refractivity contribution is 5.95. The number of rotatable bonds is 6. The summed E-state index contributed by atoms with van der Waals surface area (Å²) in [5.74, 6) is -1.43. The molecule has 1 unspecified atom stereocenters. The van der Waals surface area contributed by atoms with E-state index in [0.29, 0.717) is 24.2 Å². The Morgan fingerprint density at radius 1 is 1.48 bits per heavy atom. The zero-order valence-corrected chi connectivity index (χ0v) is 12.1. The van der Waals surface area contributed by atoms with Crippen molar-refractivity contribution in [3.63, 3.8) is 0 Å². The first kappa shape index (κ1) is 16.4. The van der Waals surface area contributed by atoms with Crippen LogP contribution in [0.2, 0.25) is 0 Å². The Balaban J connectivity index is 2.93. The van der Waals surface area contributed by atoms with Gasteiger partial charge in [-0.1, -0.05) is 12.1 Å². The molecule has 110 valence electrons. The van der Waals surface area contributed by atoms with Crippen LogP contribution in [0.3, 0.4) is 0 Å². The van der Waals surface area contributed by atoms with Crippen molar-refractivity contribution in [1.29, 1.82) is 5.26 Å². The fraction of sp³-hybridized carbons (Fsp3) is 0.312. The Bertz CT molecular complexity index is 587. The summed E-state index contributed by atoms with van der Waals surface area (Å²) in [4.78, 5) is 24.5. The topological polar surface area (TPSA) is 81.4 Å². The Kier molecular flexibility index (Phi) is 6.15. The second-order valence-corrected chi connectivity index (χ2v) is 4.67. The zero-order chi connectivity index (χ0) is 15.8. The van der Waals surface area contributed by atoms with Gasteiger partial charge in [0, 0.05) is 24.7 Å². The van der Waals surface area contributed by atoms with E-state index in [4.69, 9.17) is 10.4 Å². The molecule has 1 aromatic carbocycles. The fourth-order valence-corrected chi connectivity index (χ4v) is 1.85. The van der Waals surface area contributed by atoms with Crippen molar-refractivity contribution in [3.05, 3.63) is 41.5 Å². The Morgan fingerprint density at radius 2 is 2.19 bits per heavy atom. The van der Waals surface area contributed by atoms with Crippen LogP contribution >= 0.6 is 0 Å². The molecule has 0 saturated heterocycles. The van der Waals surface area contributed by atoms with Crippen LogP contribution in [-0.4, -0.2) is 35.0 Å². The van der Waals surface area contributed by atoms with Gasteiger partial charge >= 0.3 is 5.97 Å². The smallest absolute Gasteiger partial charge is 0.328 e. The summed E-state index contributed by atoms with van der Waals surface area (Å²) in [7, 11) is 0. The zero-order valence-electron chi connectivity index (χ0n) is 12.1. The van der Waals surface area contributed by atoms with Gasteiger partial charge in [-0.15, -0.1) is 0 Å². The maximum atomic E-state index is 12.4. The minimum atomic E-state index is -1.04. The molecule has 1 atom stereocenters. The van der Waals surface area contributed by atoms with Gasteiger partial charge in [-0.05, 0) is 37.6 Å². The molecule has 0 bridgehead atoms. The first-order chi connectivity index (χ1) is 9.97. The van der Waals surface area contributed by atoms with E-state index < -0.39 is 5.97 Å². The van der Waals surface area contributed by atoms with Crippen molar-refractivity contribution in [1.82, 2.24) is 4.90 Å². The van der Waals surface area contributed by atoms with Gasteiger partial charge in [-0.25, -0.2) is 4.79 Å². The lowest BCUT2D eigenvalue weighted by Crippen LogP contribution is -2.34. The van der Waals surface area contributed by atoms with Crippen molar-refractivity contribution in [2.75, 3.05) is 13.1 Å². The SMILES string of the molecule is CCN(CC(C)C#N)C(=O)c1cccc(C=CC(=O)O)c1. The van der Waals surface area contributed by atoms with Crippen LogP contribution in [0, 0.1) is 17.2 Å². The highest BCUT2D eigenvalue weighted by Crippen LogP contribution is 2.11. The summed E-state index contributed by atoms with van der Waals surface area (Å²) in [6.07, 6.45) is 2.46. The van der Waals surface area contributed by atoms with Gasteiger partial charge in [0.25, 0.3) is 5.91 Å². The number of carbonyl (C=O) groups excluding carboxylic acids is 1. The number of carboxylic acids is 1. The van der Waals surface area contributed by atoms with Crippen molar-refractivity contribution >= 4 is 18.0 Å². The summed E-state index contributed by atoms with van der Waals surface area (Å²) in [5.41, 5.74) is 1.13. The normalized spacial score (nSPS) is 11.9. The lowest BCUT2D eigenvalue weighted by molar-refractivity contribution is -0.131. The van der Waals surface area contributed by atoms with Gasteiger partial charge in [0.15, 0.2) is 0 Å². The third-order valence-corrected chi connectivity index (χ3v) is 2.94. The number of hydrogen-bond acceptors (Lipinski definition) is 3. The highest BCUT2D eigenvalue weighted by Gasteiger charge is 2.16. The third-order valence-electron chi connectivity index (χ3n) is 2.94. The van der Waals surface area contributed by atoms with Gasteiger partial charge in [-0.2, -0.15) is 5.26 Å². The van der Waals surface area contributed by atoms with Crippen molar-refractivity contribution < 1.29 is 14.7 Å². The summed E-state index contributed by atoms with van der Waals surface area (Å²) in [5, 5.41) is 17.5. The van der Waals surface area contributed by atoms with Gasteiger partial charge in [0.05, 0.1) is 12.0 Å². The summed E-state index contributed by atoms with van der Waals surface area (Å²) < 4.78 is 0. The van der Waals surface area contributed by atoms with Crippen LogP contribution in [0.1, 0.15) is 29.8 Å². The number of aliphatic carboxylic acids is 1.